The first kappa shape index (κ1) is 16.7. The highest BCUT2D eigenvalue weighted by Gasteiger charge is 2.19. The molecule has 0 saturated carbocycles. The molecule has 1 amide bonds. The monoisotopic (exact) mass is 345 g/mol. The Morgan fingerprint density at radius 1 is 1.14 bits per heavy atom. The molecule has 0 heterocycles. The summed E-state index contributed by atoms with van der Waals surface area (Å²) < 4.78 is 26.8. The minimum absolute atomic E-state index is 0.140. The first-order valence-corrected chi connectivity index (χ1v) is 6.99. The van der Waals surface area contributed by atoms with Crippen LogP contribution in [-0.2, 0) is 0 Å². The quantitative estimate of drug-likeness (QED) is 0.886. The van der Waals surface area contributed by atoms with E-state index in [0.29, 0.717) is 5.56 Å². The lowest BCUT2D eigenvalue weighted by molar-refractivity contribution is 0.0912. The molecule has 1 atom stereocenters. The molecule has 2 rings (SSSR count). The maximum absolute atomic E-state index is 13.6. The van der Waals surface area contributed by atoms with E-state index in [9.17, 15) is 18.7 Å². The third-order valence-electron chi connectivity index (χ3n) is 3.01. The van der Waals surface area contributed by atoms with E-state index in [0.717, 1.165) is 12.1 Å². The van der Waals surface area contributed by atoms with Crippen molar-refractivity contribution in [3.8, 4) is 0 Å². The smallest absolute Gasteiger partial charge is 0.254 e. The van der Waals surface area contributed by atoms with Gasteiger partial charge in [-0.25, -0.2) is 8.78 Å². The van der Waals surface area contributed by atoms with Crippen LogP contribution < -0.4 is 5.32 Å². The third-order valence-corrected chi connectivity index (χ3v) is 3.53. The first-order chi connectivity index (χ1) is 10.4. The van der Waals surface area contributed by atoms with E-state index >= 15 is 0 Å². The molecule has 1 unspecified atom stereocenters. The number of benzene rings is 2. The summed E-state index contributed by atoms with van der Waals surface area (Å²) in [7, 11) is 0. The molecule has 2 N–H and O–H groups in total. The predicted octanol–water partition coefficient (Wildman–Crippen LogP) is 3.74. The van der Waals surface area contributed by atoms with Gasteiger partial charge in [0.1, 0.15) is 11.6 Å². The Morgan fingerprint density at radius 3 is 2.45 bits per heavy atom. The number of aliphatic hydroxyl groups excluding tert-OH is 1. The molecule has 7 heteroatoms. The van der Waals surface area contributed by atoms with Crippen molar-refractivity contribution in [1.29, 1.82) is 0 Å². The van der Waals surface area contributed by atoms with E-state index in [1.54, 1.807) is 0 Å². The maximum Gasteiger partial charge on any atom is 0.254 e. The van der Waals surface area contributed by atoms with Crippen molar-refractivity contribution < 1.29 is 18.7 Å². The van der Waals surface area contributed by atoms with E-state index in [1.165, 1.54) is 24.3 Å². The number of amides is 1. The zero-order chi connectivity index (χ0) is 16.3. The summed E-state index contributed by atoms with van der Waals surface area (Å²) in [5.41, 5.74) is 0.142. The average Bonchev–Trinajstić information content (AvgIpc) is 2.50. The average molecular weight is 346 g/mol. The van der Waals surface area contributed by atoms with Gasteiger partial charge in [-0.3, -0.25) is 4.79 Å². The molecule has 22 heavy (non-hydrogen) atoms. The summed E-state index contributed by atoms with van der Waals surface area (Å²) >= 11 is 11.4. The van der Waals surface area contributed by atoms with Gasteiger partial charge in [0.15, 0.2) is 0 Å². The number of carbonyl (C=O) groups excluding carboxylic acids is 1. The van der Waals surface area contributed by atoms with Crippen molar-refractivity contribution >= 4 is 29.1 Å². The van der Waals surface area contributed by atoms with Crippen LogP contribution in [0.1, 0.15) is 22.0 Å². The second-order valence-electron chi connectivity index (χ2n) is 4.51. The van der Waals surface area contributed by atoms with Gasteiger partial charge in [0, 0.05) is 5.02 Å². The molecule has 0 bridgehead atoms. The van der Waals surface area contributed by atoms with Gasteiger partial charge in [-0.05, 0) is 35.9 Å². The highest BCUT2D eigenvalue weighted by molar-refractivity contribution is 6.31. The van der Waals surface area contributed by atoms with Gasteiger partial charge in [-0.1, -0.05) is 29.3 Å². The molecule has 0 aromatic heterocycles. The lowest BCUT2D eigenvalue weighted by atomic mass is 10.1. The number of hydrogen-bond acceptors (Lipinski definition) is 2. The highest BCUT2D eigenvalue weighted by atomic mass is 35.5. The highest BCUT2D eigenvalue weighted by Crippen LogP contribution is 2.22. The fourth-order valence-electron chi connectivity index (χ4n) is 1.87. The Morgan fingerprint density at radius 2 is 1.82 bits per heavy atom. The van der Waals surface area contributed by atoms with Gasteiger partial charge in [0.2, 0.25) is 0 Å². The van der Waals surface area contributed by atoms with Crippen LogP contribution in [0.4, 0.5) is 8.78 Å². The normalized spacial score (nSPS) is 12.0. The molecule has 3 nitrogen and oxygen atoms in total. The minimum atomic E-state index is -0.857. The second kappa shape index (κ2) is 7.05. The number of hydrogen-bond donors (Lipinski definition) is 2. The van der Waals surface area contributed by atoms with Crippen LogP contribution in [0.2, 0.25) is 10.0 Å². The Balaban J connectivity index is 2.24. The number of nitrogens with one attached hydrogen (secondary N) is 1. The first-order valence-electron chi connectivity index (χ1n) is 6.24. The van der Waals surface area contributed by atoms with Crippen molar-refractivity contribution in [2.45, 2.75) is 6.04 Å². The van der Waals surface area contributed by atoms with E-state index in [4.69, 9.17) is 23.2 Å². The molecule has 116 valence electrons. The largest absolute Gasteiger partial charge is 0.394 e. The fourth-order valence-corrected chi connectivity index (χ4v) is 2.23. The van der Waals surface area contributed by atoms with Crippen LogP contribution in [0, 0.1) is 11.6 Å². The van der Waals surface area contributed by atoms with Crippen LogP contribution >= 0.6 is 23.2 Å². The summed E-state index contributed by atoms with van der Waals surface area (Å²) in [6.07, 6.45) is 0. The summed E-state index contributed by atoms with van der Waals surface area (Å²) in [4.78, 5) is 12.1. The molecular formula is C15H11Cl2F2NO2. The van der Waals surface area contributed by atoms with Crippen molar-refractivity contribution in [2.75, 3.05) is 6.61 Å². The van der Waals surface area contributed by atoms with Gasteiger partial charge in [0.25, 0.3) is 5.91 Å². The Labute approximate surface area is 135 Å². The van der Waals surface area contributed by atoms with Crippen molar-refractivity contribution in [3.63, 3.8) is 0 Å². The molecule has 0 aliphatic heterocycles. The molecule has 2 aromatic carbocycles. The zero-order valence-corrected chi connectivity index (χ0v) is 12.6. The summed E-state index contributed by atoms with van der Waals surface area (Å²) in [5.74, 6) is -2.11. The van der Waals surface area contributed by atoms with E-state index in [2.05, 4.69) is 5.32 Å². The van der Waals surface area contributed by atoms with Gasteiger partial charge < -0.3 is 10.4 Å². The molecule has 0 radical (unpaired) electrons. The Hall–Kier alpha value is -1.69. The van der Waals surface area contributed by atoms with Gasteiger partial charge in [-0.2, -0.15) is 0 Å². The topological polar surface area (TPSA) is 49.3 Å². The van der Waals surface area contributed by atoms with Gasteiger partial charge in [-0.15, -0.1) is 0 Å². The fraction of sp³-hybridized carbons (Fsp3) is 0.133. The Kier molecular flexibility index (Phi) is 5.34. The lowest BCUT2D eigenvalue weighted by Gasteiger charge is -2.17. The molecule has 0 spiro atoms. The van der Waals surface area contributed by atoms with Crippen molar-refractivity contribution in [3.05, 3.63) is 69.2 Å². The number of aliphatic hydroxyl groups is 1. The third kappa shape index (κ3) is 3.74. The van der Waals surface area contributed by atoms with E-state index in [-0.39, 0.29) is 15.6 Å². The number of rotatable bonds is 4. The summed E-state index contributed by atoms with van der Waals surface area (Å²) in [6.45, 7) is -0.462. The van der Waals surface area contributed by atoms with Crippen LogP contribution in [-0.4, -0.2) is 17.6 Å². The molecule has 0 fully saturated rings. The second-order valence-corrected chi connectivity index (χ2v) is 5.35. The van der Waals surface area contributed by atoms with Crippen molar-refractivity contribution in [2.24, 2.45) is 0 Å². The minimum Gasteiger partial charge on any atom is -0.394 e. The van der Waals surface area contributed by atoms with Crippen molar-refractivity contribution in [1.82, 2.24) is 5.32 Å². The SMILES string of the molecule is O=C(NC(CO)c1ccc(F)c(Cl)c1)c1cc(Cl)ccc1F. The number of carbonyl (C=O) groups is 1. The molecule has 0 aliphatic carbocycles. The zero-order valence-electron chi connectivity index (χ0n) is 11.1. The van der Waals surface area contributed by atoms with Gasteiger partial charge >= 0.3 is 0 Å². The molecular weight excluding hydrogens is 335 g/mol. The lowest BCUT2D eigenvalue weighted by Crippen LogP contribution is -2.31. The van der Waals surface area contributed by atoms with E-state index in [1.807, 2.05) is 0 Å². The summed E-state index contributed by atoms with van der Waals surface area (Å²) in [5, 5.41) is 11.9. The van der Waals surface area contributed by atoms with Gasteiger partial charge in [0.05, 0.1) is 23.2 Å². The maximum atomic E-state index is 13.6. The Bertz CT molecular complexity index is 710. The standard InChI is InChI=1S/C15H11Cl2F2NO2/c16-9-2-4-12(18)10(6-9)15(22)20-14(7-21)8-1-3-13(19)11(17)5-8/h1-6,14,21H,7H2,(H,20,22). The van der Waals surface area contributed by atoms with Crippen LogP contribution in [0.5, 0.6) is 0 Å². The van der Waals surface area contributed by atoms with Crippen LogP contribution in [0.15, 0.2) is 36.4 Å². The van der Waals surface area contributed by atoms with Crippen LogP contribution in [0.3, 0.4) is 0 Å². The molecule has 0 aliphatic rings. The summed E-state index contributed by atoms with van der Waals surface area (Å²) in [6, 6.07) is 6.48. The van der Waals surface area contributed by atoms with Crippen LogP contribution in [0.25, 0.3) is 0 Å². The number of halogens is 4. The van der Waals surface area contributed by atoms with E-state index < -0.39 is 30.2 Å². The molecule has 0 saturated heterocycles. The predicted molar refractivity (Wildman–Crippen MR) is 80.1 cm³/mol. The molecule has 2 aromatic rings.